The van der Waals surface area contributed by atoms with Crippen LogP contribution in [0.15, 0.2) is 0 Å². The molecular formula is C17H35NO. The van der Waals surface area contributed by atoms with E-state index in [1.807, 2.05) is 7.11 Å². The van der Waals surface area contributed by atoms with E-state index in [0.717, 1.165) is 30.7 Å². The summed E-state index contributed by atoms with van der Waals surface area (Å²) < 4.78 is 5.65. The lowest BCUT2D eigenvalue weighted by atomic mass is 9.71. The molecule has 1 aliphatic rings. The van der Waals surface area contributed by atoms with Crippen molar-refractivity contribution in [2.24, 2.45) is 17.8 Å². The van der Waals surface area contributed by atoms with E-state index in [9.17, 15) is 0 Å². The first-order chi connectivity index (χ1) is 8.89. The van der Waals surface area contributed by atoms with Crippen LogP contribution >= 0.6 is 0 Å². The predicted octanol–water partition coefficient (Wildman–Crippen LogP) is 4.24. The summed E-state index contributed by atoms with van der Waals surface area (Å²) in [5.41, 5.74) is -0.0162. The van der Waals surface area contributed by atoms with E-state index in [-0.39, 0.29) is 5.60 Å². The van der Waals surface area contributed by atoms with Crippen LogP contribution in [0.3, 0.4) is 0 Å². The molecule has 0 aromatic heterocycles. The first-order valence-electron chi connectivity index (χ1n) is 8.18. The molecule has 114 valence electrons. The average Bonchev–Trinajstić information content (AvgIpc) is 2.38. The van der Waals surface area contributed by atoms with Gasteiger partial charge >= 0.3 is 0 Å². The molecule has 1 fully saturated rings. The van der Waals surface area contributed by atoms with Gasteiger partial charge in [-0.15, -0.1) is 0 Å². The molecule has 0 radical (unpaired) electrons. The molecule has 0 heterocycles. The second-order valence-electron chi connectivity index (χ2n) is 7.26. The van der Waals surface area contributed by atoms with Crippen molar-refractivity contribution in [3.8, 4) is 0 Å². The summed E-state index contributed by atoms with van der Waals surface area (Å²) >= 11 is 0. The maximum absolute atomic E-state index is 5.65. The smallest absolute Gasteiger partial charge is 0.0637 e. The lowest BCUT2D eigenvalue weighted by Gasteiger charge is -2.40. The van der Waals surface area contributed by atoms with Gasteiger partial charge in [0, 0.05) is 13.2 Å². The van der Waals surface area contributed by atoms with Crippen LogP contribution in [0.4, 0.5) is 0 Å². The van der Waals surface area contributed by atoms with E-state index in [2.05, 4.69) is 39.9 Å². The maximum atomic E-state index is 5.65. The van der Waals surface area contributed by atoms with Crippen molar-refractivity contribution >= 4 is 0 Å². The van der Waals surface area contributed by atoms with Crippen LogP contribution in [0.1, 0.15) is 66.7 Å². The normalized spacial score (nSPS) is 30.3. The highest BCUT2D eigenvalue weighted by Gasteiger charge is 2.33. The van der Waals surface area contributed by atoms with E-state index in [1.165, 1.54) is 25.7 Å². The molecule has 0 bridgehead atoms. The average molecular weight is 269 g/mol. The molecule has 0 aliphatic heterocycles. The lowest BCUT2D eigenvalue weighted by Crippen LogP contribution is -2.44. The summed E-state index contributed by atoms with van der Waals surface area (Å²) in [6.07, 6.45) is 6.48. The zero-order valence-electron chi connectivity index (χ0n) is 14.0. The van der Waals surface area contributed by atoms with Gasteiger partial charge in [-0.25, -0.2) is 0 Å². The van der Waals surface area contributed by atoms with E-state index in [0.29, 0.717) is 6.04 Å². The largest absolute Gasteiger partial charge is 0.379 e. The Hall–Kier alpha value is -0.0800. The highest BCUT2D eigenvalue weighted by Crippen LogP contribution is 2.37. The highest BCUT2D eigenvalue weighted by atomic mass is 16.5. The van der Waals surface area contributed by atoms with Crippen molar-refractivity contribution in [2.45, 2.75) is 78.4 Å². The van der Waals surface area contributed by atoms with Gasteiger partial charge in [0.15, 0.2) is 0 Å². The molecule has 1 aliphatic carbocycles. The molecule has 4 unspecified atom stereocenters. The SMILES string of the molecule is CCCNC(CC(C)(C)OC)C1CCC(C)C(C)C1. The van der Waals surface area contributed by atoms with Crippen molar-refractivity contribution < 1.29 is 4.74 Å². The first-order valence-corrected chi connectivity index (χ1v) is 8.18. The Balaban J connectivity index is 2.62. The van der Waals surface area contributed by atoms with Gasteiger partial charge in [0.2, 0.25) is 0 Å². The second kappa shape index (κ2) is 7.64. The molecule has 0 amide bonds. The molecule has 1 N–H and O–H groups in total. The maximum Gasteiger partial charge on any atom is 0.0637 e. The Kier molecular flexibility index (Phi) is 6.82. The van der Waals surface area contributed by atoms with Gasteiger partial charge in [-0.2, -0.15) is 0 Å². The van der Waals surface area contributed by atoms with Gasteiger partial charge < -0.3 is 10.1 Å². The van der Waals surface area contributed by atoms with E-state index >= 15 is 0 Å². The highest BCUT2D eigenvalue weighted by molar-refractivity contribution is 4.88. The van der Waals surface area contributed by atoms with Crippen LogP contribution in [0.2, 0.25) is 0 Å². The molecule has 19 heavy (non-hydrogen) atoms. The van der Waals surface area contributed by atoms with Crippen LogP contribution in [-0.4, -0.2) is 25.3 Å². The molecule has 2 nitrogen and oxygen atoms in total. The molecule has 2 heteroatoms. The van der Waals surface area contributed by atoms with E-state index in [4.69, 9.17) is 4.74 Å². The molecule has 0 aromatic rings. The molecule has 0 saturated heterocycles. The summed E-state index contributed by atoms with van der Waals surface area (Å²) in [7, 11) is 1.84. The summed E-state index contributed by atoms with van der Waals surface area (Å²) in [4.78, 5) is 0. The summed E-state index contributed by atoms with van der Waals surface area (Å²) in [5.74, 6) is 2.60. The van der Waals surface area contributed by atoms with Crippen molar-refractivity contribution in [1.82, 2.24) is 5.32 Å². The second-order valence-corrected chi connectivity index (χ2v) is 7.26. The monoisotopic (exact) mass is 269 g/mol. The van der Waals surface area contributed by atoms with Gasteiger partial charge in [-0.05, 0) is 63.8 Å². The summed E-state index contributed by atoms with van der Waals surface area (Å²) in [5, 5.41) is 3.78. The number of rotatable bonds is 7. The van der Waals surface area contributed by atoms with Crippen molar-refractivity contribution in [3.05, 3.63) is 0 Å². The van der Waals surface area contributed by atoms with Gasteiger partial charge in [0.25, 0.3) is 0 Å². The van der Waals surface area contributed by atoms with Gasteiger partial charge in [-0.3, -0.25) is 0 Å². The summed E-state index contributed by atoms with van der Waals surface area (Å²) in [6, 6.07) is 0.616. The minimum atomic E-state index is -0.0162. The third-order valence-corrected chi connectivity index (χ3v) is 5.13. The Bertz CT molecular complexity index is 252. The van der Waals surface area contributed by atoms with Crippen LogP contribution in [0.25, 0.3) is 0 Å². The summed E-state index contributed by atoms with van der Waals surface area (Å²) in [6.45, 7) is 12.6. The first kappa shape index (κ1) is 17.0. The van der Waals surface area contributed by atoms with E-state index in [1.54, 1.807) is 0 Å². The van der Waals surface area contributed by atoms with Crippen LogP contribution in [0, 0.1) is 17.8 Å². The van der Waals surface area contributed by atoms with Crippen LogP contribution in [-0.2, 0) is 4.74 Å². The fourth-order valence-corrected chi connectivity index (χ4v) is 3.30. The number of methoxy groups -OCH3 is 1. The minimum Gasteiger partial charge on any atom is -0.379 e. The molecule has 4 atom stereocenters. The molecule has 0 spiro atoms. The quantitative estimate of drug-likeness (QED) is 0.746. The lowest BCUT2D eigenvalue weighted by molar-refractivity contribution is -0.00322. The minimum absolute atomic E-state index is 0.0162. The molecule has 0 aromatic carbocycles. The van der Waals surface area contributed by atoms with Crippen LogP contribution in [0.5, 0.6) is 0 Å². The molecule has 1 rings (SSSR count). The van der Waals surface area contributed by atoms with E-state index < -0.39 is 0 Å². The number of hydrogen-bond donors (Lipinski definition) is 1. The third kappa shape index (κ3) is 5.43. The van der Waals surface area contributed by atoms with Crippen molar-refractivity contribution in [3.63, 3.8) is 0 Å². The predicted molar refractivity (Wildman–Crippen MR) is 83.5 cm³/mol. The number of hydrogen-bond acceptors (Lipinski definition) is 2. The Morgan fingerprint density at radius 2 is 1.89 bits per heavy atom. The fraction of sp³-hybridized carbons (Fsp3) is 1.00. The Morgan fingerprint density at radius 3 is 2.42 bits per heavy atom. The Labute approximate surface area is 120 Å². The van der Waals surface area contributed by atoms with Gasteiger partial charge in [0.05, 0.1) is 5.60 Å². The topological polar surface area (TPSA) is 21.3 Å². The zero-order chi connectivity index (χ0) is 14.5. The standard InChI is InChI=1S/C17H35NO/c1-7-10-18-16(12-17(4,5)19-6)15-9-8-13(2)14(3)11-15/h13-16,18H,7-12H2,1-6H3. The Morgan fingerprint density at radius 1 is 1.21 bits per heavy atom. The van der Waals surface area contributed by atoms with Crippen molar-refractivity contribution in [2.75, 3.05) is 13.7 Å². The van der Waals surface area contributed by atoms with Gasteiger partial charge in [-0.1, -0.05) is 27.2 Å². The molecule has 1 saturated carbocycles. The van der Waals surface area contributed by atoms with Crippen LogP contribution < -0.4 is 5.32 Å². The number of nitrogens with one attached hydrogen (secondary N) is 1. The fourth-order valence-electron chi connectivity index (χ4n) is 3.30. The zero-order valence-corrected chi connectivity index (χ0v) is 14.0. The molecular weight excluding hydrogens is 234 g/mol. The van der Waals surface area contributed by atoms with Crippen molar-refractivity contribution in [1.29, 1.82) is 0 Å². The van der Waals surface area contributed by atoms with Gasteiger partial charge in [0.1, 0.15) is 0 Å². The third-order valence-electron chi connectivity index (χ3n) is 5.13. The number of ether oxygens (including phenoxy) is 1.